The van der Waals surface area contributed by atoms with Crippen LogP contribution in [0.25, 0.3) is 10.8 Å². The lowest BCUT2D eigenvalue weighted by atomic mass is 10.0. The molecule has 1 aliphatic rings. The van der Waals surface area contributed by atoms with Gasteiger partial charge in [-0.15, -0.1) is 0 Å². The van der Waals surface area contributed by atoms with Crippen molar-refractivity contribution in [3.8, 4) is 11.5 Å². The third-order valence-electron chi connectivity index (χ3n) is 4.81. The molecule has 132 valence electrons. The van der Waals surface area contributed by atoms with Crippen molar-refractivity contribution in [2.45, 2.75) is 19.3 Å². The molecule has 4 heteroatoms. The van der Waals surface area contributed by atoms with Crippen LogP contribution in [-0.2, 0) is 17.6 Å². The van der Waals surface area contributed by atoms with Crippen LogP contribution in [0.5, 0.6) is 11.5 Å². The first kappa shape index (κ1) is 16.5. The van der Waals surface area contributed by atoms with Gasteiger partial charge in [0.15, 0.2) is 11.5 Å². The van der Waals surface area contributed by atoms with Crippen LogP contribution >= 0.6 is 0 Å². The van der Waals surface area contributed by atoms with E-state index in [1.165, 1.54) is 16.5 Å². The highest BCUT2D eigenvalue weighted by Crippen LogP contribution is 2.35. The Bertz CT molecular complexity index is 955. The van der Waals surface area contributed by atoms with Crippen LogP contribution in [0.3, 0.4) is 0 Å². The van der Waals surface area contributed by atoms with Crippen LogP contribution < -0.4 is 14.8 Å². The van der Waals surface area contributed by atoms with E-state index in [1.54, 1.807) is 7.11 Å². The van der Waals surface area contributed by atoms with Gasteiger partial charge in [0.05, 0.1) is 20.1 Å². The Morgan fingerprint density at radius 2 is 1.73 bits per heavy atom. The van der Waals surface area contributed by atoms with Crippen molar-refractivity contribution in [1.82, 2.24) is 0 Å². The molecule has 0 atom stereocenters. The summed E-state index contributed by atoms with van der Waals surface area (Å²) in [6, 6.07) is 17.9. The maximum absolute atomic E-state index is 12.4. The van der Waals surface area contributed by atoms with E-state index in [4.69, 9.17) is 9.47 Å². The van der Waals surface area contributed by atoms with Gasteiger partial charge in [-0.1, -0.05) is 36.4 Å². The Morgan fingerprint density at radius 1 is 0.962 bits per heavy atom. The van der Waals surface area contributed by atoms with Gasteiger partial charge < -0.3 is 14.8 Å². The van der Waals surface area contributed by atoms with E-state index >= 15 is 0 Å². The zero-order chi connectivity index (χ0) is 17.9. The van der Waals surface area contributed by atoms with Gasteiger partial charge in [0, 0.05) is 11.1 Å². The Morgan fingerprint density at radius 3 is 2.54 bits per heavy atom. The molecule has 1 amide bonds. The molecule has 4 rings (SSSR count). The van der Waals surface area contributed by atoms with Crippen molar-refractivity contribution in [2.75, 3.05) is 19.0 Å². The lowest BCUT2D eigenvalue weighted by molar-refractivity contribution is -0.116. The molecule has 4 nitrogen and oxygen atoms in total. The number of benzene rings is 3. The fourth-order valence-corrected chi connectivity index (χ4v) is 3.56. The molecule has 26 heavy (non-hydrogen) atoms. The van der Waals surface area contributed by atoms with Crippen molar-refractivity contribution in [3.05, 3.63) is 65.7 Å². The number of hydrogen-bond acceptors (Lipinski definition) is 3. The minimum Gasteiger partial charge on any atom is -0.493 e. The van der Waals surface area contributed by atoms with Gasteiger partial charge in [0.25, 0.3) is 0 Å². The molecule has 0 aliphatic heterocycles. The summed E-state index contributed by atoms with van der Waals surface area (Å²) in [5.74, 6) is 1.26. The van der Waals surface area contributed by atoms with Crippen molar-refractivity contribution in [1.29, 1.82) is 0 Å². The normalized spacial score (nSPS) is 12.2. The average molecular weight is 347 g/mol. The largest absolute Gasteiger partial charge is 0.493 e. The predicted octanol–water partition coefficient (Wildman–Crippen LogP) is 4.35. The number of carbonyl (C=O) groups is 1. The SMILES string of the molecule is COc1ccccc1OCCC(=O)Nc1ccc2c3c(cccc13)CC2. The highest BCUT2D eigenvalue weighted by molar-refractivity contribution is 6.05. The zero-order valence-corrected chi connectivity index (χ0v) is 14.7. The molecule has 0 unspecified atom stereocenters. The van der Waals surface area contributed by atoms with Gasteiger partial charge in [-0.05, 0) is 47.6 Å². The fraction of sp³-hybridized carbons (Fsp3) is 0.227. The molecule has 0 saturated carbocycles. The highest BCUT2D eigenvalue weighted by atomic mass is 16.5. The summed E-state index contributed by atoms with van der Waals surface area (Å²) in [7, 11) is 1.60. The molecule has 3 aromatic rings. The third kappa shape index (κ3) is 3.10. The summed E-state index contributed by atoms with van der Waals surface area (Å²) in [5.41, 5.74) is 3.61. The maximum Gasteiger partial charge on any atom is 0.227 e. The number of anilines is 1. The van der Waals surface area contributed by atoms with E-state index < -0.39 is 0 Å². The first-order valence-corrected chi connectivity index (χ1v) is 8.85. The number of amides is 1. The number of rotatable bonds is 6. The van der Waals surface area contributed by atoms with E-state index in [0.717, 1.165) is 23.9 Å². The standard InChI is InChI=1S/C22H21NO3/c1-25-19-7-2-3-8-20(19)26-14-13-21(24)23-18-12-11-16-10-9-15-5-4-6-17(18)22(15)16/h2-8,11-12H,9-10,13-14H2,1H3,(H,23,24). The molecule has 0 aromatic heterocycles. The smallest absolute Gasteiger partial charge is 0.227 e. The van der Waals surface area contributed by atoms with E-state index in [-0.39, 0.29) is 12.3 Å². The number of nitrogens with one attached hydrogen (secondary N) is 1. The summed E-state index contributed by atoms with van der Waals surface area (Å²) >= 11 is 0. The molecular weight excluding hydrogens is 326 g/mol. The Balaban J connectivity index is 1.42. The number of ether oxygens (including phenoxy) is 2. The van der Waals surface area contributed by atoms with Crippen molar-refractivity contribution < 1.29 is 14.3 Å². The number of carbonyl (C=O) groups excluding carboxylic acids is 1. The van der Waals surface area contributed by atoms with Gasteiger partial charge in [0.1, 0.15) is 0 Å². The number of methoxy groups -OCH3 is 1. The third-order valence-corrected chi connectivity index (χ3v) is 4.81. The molecule has 0 bridgehead atoms. The second kappa shape index (κ2) is 7.08. The fourth-order valence-electron chi connectivity index (χ4n) is 3.56. The minimum atomic E-state index is -0.0569. The van der Waals surface area contributed by atoms with Crippen LogP contribution in [0.1, 0.15) is 17.5 Å². The molecule has 3 aromatic carbocycles. The van der Waals surface area contributed by atoms with E-state index in [0.29, 0.717) is 18.1 Å². The second-order valence-corrected chi connectivity index (χ2v) is 6.41. The molecule has 1 aliphatic carbocycles. The summed E-state index contributed by atoms with van der Waals surface area (Å²) in [5, 5.41) is 5.46. The lowest BCUT2D eigenvalue weighted by Gasteiger charge is -2.12. The van der Waals surface area contributed by atoms with Gasteiger partial charge in [-0.2, -0.15) is 0 Å². The van der Waals surface area contributed by atoms with Gasteiger partial charge in [-0.3, -0.25) is 4.79 Å². The molecule has 0 fully saturated rings. The Labute approximate surface area is 152 Å². The molecular formula is C22H21NO3. The molecule has 0 radical (unpaired) electrons. The summed E-state index contributed by atoms with van der Waals surface area (Å²) in [6.07, 6.45) is 2.44. The summed E-state index contributed by atoms with van der Waals surface area (Å²) < 4.78 is 10.9. The lowest BCUT2D eigenvalue weighted by Crippen LogP contribution is -2.15. The maximum atomic E-state index is 12.4. The first-order valence-electron chi connectivity index (χ1n) is 8.85. The molecule has 0 heterocycles. The number of hydrogen-bond donors (Lipinski definition) is 1. The predicted molar refractivity (Wildman–Crippen MR) is 103 cm³/mol. The summed E-state index contributed by atoms with van der Waals surface area (Å²) in [6.45, 7) is 0.299. The van der Waals surface area contributed by atoms with Crippen LogP contribution in [0.4, 0.5) is 5.69 Å². The molecule has 0 saturated heterocycles. The highest BCUT2D eigenvalue weighted by Gasteiger charge is 2.16. The van der Waals surface area contributed by atoms with Crippen LogP contribution in [0.15, 0.2) is 54.6 Å². The van der Waals surface area contributed by atoms with Crippen molar-refractivity contribution >= 4 is 22.4 Å². The first-order chi connectivity index (χ1) is 12.8. The van der Waals surface area contributed by atoms with Gasteiger partial charge in [0.2, 0.25) is 5.91 Å². The Hall–Kier alpha value is -3.01. The minimum absolute atomic E-state index is 0.0569. The quantitative estimate of drug-likeness (QED) is 0.721. The average Bonchev–Trinajstić information content (AvgIpc) is 3.09. The monoisotopic (exact) mass is 347 g/mol. The molecule has 1 N–H and O–H groups in total. The topological polar surface area (TPSA) is 47.6 Å². The van der Waals surface area contributed by atoms with E-state index in [2.05, 4.69) is 29.6 Å². The van der Waals surface area contributed by atoms with Gasteiger partial charge >= 0.3 is 0 Å². The second-order valence-electron chi connectivity index (χ2n) is 6.41. The van der Waals surface area contributed by atoms with Crippen LogP contribution in [-0.4, -0.2) is 19.6 Å². The van der Waals surface area contributed by atoms with Crippen LogP contribution in [0, 0.1) is 0 Å². The van der Waals surface area contributed by atoms with Gasteiger partial charge in [-0.25, -0.2) is 0 Å². The number of aryl methyl sites for hydroxylation is 2. The van der Waals surface area contributed by atoms with Crippen LogP contribution in [0.2, 0.25) is 0 Å². The van der Waals surface area contributed by atoms with Crippen molar-refractivity contribution in [2.24, 2.45) is 0 Å². The van der Waals surface area contributed by atoms with E-state index in [9.17, 15) is 4.79 Å². The van der Waals surface area contributed by atoms with Crippen molar-refractivity contribution in [3.63, 3.8) is 0 Å². The van der Waals surface area contributed by atoms with E-state index in [1.807, 2.05) is 30.3 Å². The zero-order valence-electron chi connectivity index (χ0n) is 14.7. The summed E-state index contributed by atoms with van der Waals surface area (Å²) in [4.78, 5) is 12.4. The molecule has 0 spiro atoms. The Kier molecular flexibility index (Phi) is 4.48. The number of para-hydroxylation sites is 2.